The SMILES string of the molecule is C1=C(c2ccc3sc4c(-c5ccccc5)nc(-c5cccc(-c6cccc7oc8cc(-c9nc(-c%10ccccc%10)nc(-c%10ccccc%10)n9)ccc8c67)c5)nc4c3c2)CCC(c2nc(-c3cccc(-c4cccc5c4oc4ccc(-c6nc(-c7ccccc7)nc(-c7ccccc7)n6)cc45)c3)nc3c2sc2ccccc23)=C1. The van der Waals surface area contributed by atoms with Crippen LogP contribution in [0.4, 0.5) is 0 Å². The molecule has 0 unspecified atom stereocenters. The molecular weight excluding hydrogens is 1410 g/mol. The minimum Gasteiger partial charge on any atom is -0.456 e. The van der Waals surface area contributed by atoms with E-state index in [4.69, 9.17) is 58.7 Å². The molecule has 21 aromatic rings. The first-order chi connectivity index (χ1) is 55.4. The number of benzene rings is 13. The van der Waals surface area contributed by atoms with Gasteiger partial charge in [0, 0.05) is 97.4 Å². The van der Waals surface area contributed by atoms with Crippen molar-refractivity contribution in [1.82, 2.24) is 49.8 Å². The van der Waals surface area contributed by atoms with Gasteiger partial charge in [0.2, 0.25) is 0 Å². The van der Waals surface area contributed by atoms with E-state index in [1.54, 1.807) is 22.7 Å². The smallest absolute Gasteiger partial charge is 0.164 e. The molecule has 112 heavy (non-hydrogen) atoms. The Kier molecular flexibility index (Phi) is 15.5. The predicted octanol–water partition coefficient (Wildman–Crippen LogP) is 25.8. The highest BCUT2D eigenvalue weighted by Crippen LogP contribution is 2.47. The van der Waals surface area contributed by atoms with E-state index in [2.05, 4.69) is 182 Å². The van der Waals surface area contributed by atoms with Gasteiger partial charge in [0.15, 0.2) is 46.6 Å². The standard InChI is InChI=1S/C98H58N10O2S2/c1-6-22-58(23-7-1)84-90-87(102-96(99-84)67-34-18-32-65(52-67)71-37-21-40-79-83(71)74-49-46-70(56-80(74)109-79)98-107-93(62-28-12-4-13-29-62)104-94(108-98)63-30-14-5-15-31-63)77-54-64(48-51-82(77)112-90)57-42-44-59(45-43-57)85-89-86(75-36-16-17-41-81(75)111-89)101-95(100-85)68-35-19-33-66(53-68)72-38-20-39-73-76-55-69(47-50-78(76)110-88(72)73)97-105-91(60-24-8-2-9-25-60)103-92(106-97)61-26-10-3-11-27-61/h1-42,44,46-56H,43,45H2. The van der Waals surface area contributed by atoms with E-state index >= 15 is 0 Å². The van der Waals surface area contributed by atoms with E-state index < -0.39 is 0 Å². The monoisotopic (exact) mass is 1470 g/mol. The van der Waals surface area contributed by atoms with Gasteiger partial charge in [-0.2, -0.15) is 0 Å². The molecule has 13 aromatic carbocycles. The number of nitrogens with zero attached hydrogens (tertiary/aromatic N) is 10. The van der Waals surface area contributed by atoms with E-state index in [9.17, 15) is 0 Å². The highest BCUT2D eigenvalue weighted by molar-refractivity contribution is 7.26. The Balaban J connectivity index is 0.594. The number of fused-ring (bicyclic) bond motifs is 12. The third-order valence-corrected chi connectivity index (χ3v) is 23.5. The molecule has 22 rings (SSSR count). The molecule has 0 saturated carbocycles. The molecule has 0 fully saturated rings. The Morgan fingerprint density at radius 2 is 0.661 bits per heavy atom. The van der Waals surface area contributed by atoms with Crippen molar-refractivity contribution in [2.45, 2.75) is 12.8 Å². The van der Waals surface area contributed by atoms with E-state index in [1.807, 2.05) is 146 Å². The zero-order valence-electron chi connectivity index (χ0n) is 59.7. The summed E-state index contributed by atoms with van der Waals surface area (Å²) in [5.74, 6) is 4.88. The fraction of sp³-hybridized carbons (Fsp3) is 0.0204. The number of hydrogen-bond acceptors (Lipinski definition) is 14. The summed E-state index contributed by atoms with van der Waals surface area (Å²) in [5.41, 5.74) is 22.6. The molecule has 1 aliphatic rings. The maximum Gasteiger partial charge on any atom is 0.164 e. The minimum absolute atomic E-state index is 0.563. The topological polar surface area (TPSA) is 155 Å². The largest absolute Gasteiger partial charge is 0.456 e. The van der Waals surface area contributed by atoms with E-state index in [0.29, 0.717) is 46.6 Å². The summed E-state index contributed by atoms with van der Waals surface area (Å²) in [6.07, 6.45) is 6.18. The summed E-state index contributed by atoms with van der Waals surface area (Å²) in [6.45, 7) is 0. The highest BCUT2D eigenvalue weighted by Gasteiger charge is 2.25. The van der Waals surface area contributed by atoms with Crippen molar-refractivity contribution in [3.05, 3.63) is 339 Å². The Morgan fingerprint density at radius 1 is 0.232 bits per heavy atom. The third-order valence-electron chi connectivity index (χ3n) is 21.2. The first-order valence-corrected chi connectivity index (χ1v) is 38.8. The van der Waals surface area contributed by atoms with Gasteiger partial charge in [0.25, 0.3) is 0 Å². The van der Waals surface area contributed by atoms with Crippen molar-refractivity contribution in [2.24, 2.45) is 0 Å². The van der Waals surface area contributed by atoms with Crippen molar-refractivity contribution in [3.8, 4) is 125 Å². The molecular formula is C98H58N10O2S2. The Morgan fingerprint density at radius 3 is 1.28 bits per heavy atom. The molecule has 0 saturated heterocycles. The fourth-order valence-electron chi connectivity index (χ4n) is 15.7. The zero-order valence-corrected chi connectivity index (χ0v) is 61.3. The zero-order chi connectivity index (χ0) is 73.7. The number of para-hydroxylation sites is 1. The van der Waals surface area contributed by atoms with Gasteiger partial charge in [-0.05, 0) is 113 Å². The van der Waals surface area contributed by atoms with E-state index in [-0.39, 0.29) is 0 Å². The number of furan rings is 2. The maximum atomic E-state index is 6.83. The van der Waals surface area contributed by atoms with Crippen LogP contribution in [0.1, 0.15) is 24.1 Å². The van der Waals surface area contributed by atoms with Crippen LogP contribution in [0.15, 0.2) is 336 Å². The molecule has 0 atom stereocenters. The predicted molar refractivity (Wildman–Crippen MR) is 456 cm³/mol. The van der Waals surface area contributed by atoms with Crippen LogP contribution >= 0.6 is 22.7 Å². The Labute approximate surface area is 648 Å². The molecule has 0 radical (unpaired) electrons. The van der Waals surface area contributed by atoms with Crippen LogP contribution in [0, 0.1) is 0 Å². The summed E-state index contributed by atoms with van der Waals surface area (Å²) in [5, 5.41) is 6.17. The summed E-state index contributed by atoms with van der Waals surface area (Å²) < 4.78 is 18.0. The Hall–Kier alpha value is -14.4. The highest BCUT2D eigenvalue weighted by atomic mass is 32.1. The number of aromatic nitrogens is 10. The molecule has 0 aliphatic heterocycles. The maximum absolute atomic E-state index is 6.83. The van der Waals surface area contributed by atoms with Crippen LogP contribution in [-0.4, -0.2) is 49.8 Å². The number of thiophene rings is 2. The van der Waals surface area contributed by atoms with Crippen molar-refractivity contribution in [2.75, 3.05) is 0 Å². The molecule has 12 nitrogen and oxygen atoms in total. The average Bonchev–Trinajstić information content (AvgIpc) is 1.59. The van der Waals surface area contributed by atoms with Gasteiger partial charge in [-0.1, -0.05) is 261 Å². The summed E-state index contributed by atoms with van der Waals surface area (Å²) in [4.78, 5) is 52.0. The van der Waals surface area contributed by atoms with Gasteiger partial charge < -0.3 is 8.83 Å². The van der Waals surface area contributed by atoms with Crippen molar-refractivity contribution < 1.29 is 8.83 Å². The van der Waals surface area contributed by atoms with E-state index in [1.165, 1.54) is 15.8 Å². The van der Waals surface area contributed by atoms with Gasteiger partial charge in [-0.15, -0.1) is 22.7 Å². The van der Waals surface area contributed by atoms with Gasteiger partial charge in [0.1, 0.15) is 22.3 Å². The summed E-state index contributed by atoms with van der Waals surface area (Å²) in [7, 11) is 0. The lowest BCUT2D eigenvalue weighted by Crippen LogP contribution is -2.00. The molecule has 8 heterocycles. The fourth-order valence-corrected chi connectivity index (χ4v) is 18.0. The van der Waals surface area contributed by atoms with Gasteiger partial charge in [-0.3, -0.25) is 0 Å². The normalized spacial score (nSPS) is 12.5. The Bertz CT molecular complexity index is 7330. The summed E-state index contributed by atoms with van der Waals surface area (Å²) >= 11 is 3.50. The van der Waals surface area contributed by atoms with E-state index in [0.717, 1.165) is 182 Å². The van der Waals surface area contributed by atoms with Crippen LogP contribution in [0.5, 0.6) is 0 Å². The molecule has 0 amide bonds. The lowest BCUT2D eigenvalue weighted by Gasteiger charge is -2.16. The molecule has 14 heteroatoms. The first kappa shape index (κ1) is 64.7. The number of rotatable bonds is 13. The molecule has 1 aliphatic carbocycles. The van der Waals surface area contributed by atoms with Crippen molar-refractivity contribution >= 4 is 118 Å². The molecule has 0 bridgehead atoms. The van der Waals surface area contributed by atoms with Crippen molar-refractivity contribution in [3.63, 3.8) is 0 Å². The van der Waals surface area contributed by atoms with Gasteiger partial charge in [-0.25, -0.2) is 49.8 Å². The average molecular weight is 1470 g/mol. The van der Waals surface area contributed by atoms with Crippen LogP contribution < -0.4 is 0 Å². The third kappa shape index (κ3) is 11.4. The second-order valence-electron chi connectivity index (χ2n) is 28.0. The number of hydrogen-bond donors (Lipinski definition) is 0. The van der Waals surface area contributed by atoms with Crippen molar-refractivity contribution in [1.29, 1.82) is 0 Å². The minimum atomic E-state index is 0.563. The quantitative estimate of drug-likeness (QED) is 0.108. The molecule has 8 aromatic heterocycles. The summed E-state index contributed by atoms with van der Waals surface area (Å²) in [6, 6.07) is 108. The first-order valence-electron chi connectivity index (χ1n) is 37.2. The van der Waals surface area contributed by atoms with Crippen LogP contribution in [0.2, 0.25) is 0 Å². The molecule has 0 N–H and O–H groups in total. The lowest BCUT2D eigenvalue weighted by atomic mass is 9.91. The van der Waals surface area contributed by atoms with Crippen LogP contribution in [0.25, 0.3) is 220 Å². The second-order valence-corrected chi connectivity index (χ2v) is 30.1. The van der Waals surface area contributed by atoms with Gasteiger partial charge in [0.05, 0.1) is 31.8 Å². The second kappa shape index (κ2) is 26.7. The molecule has 524 valence electrons. The van der Waals surface area contributed by atoms with Gasteiger partial charge >= 0.3 is 0 Å². The van der Waals surface area contributed by atoms with Crippen LogP contribution in [0.3, 0.4) is 0 Å². The van der Waals surface area contributed by atoms with Crippen LogP contribution in [-0.2, 0) is 0 Å². The number of allylic oxidation sites excluding steroid dienone is 4. The lowest BCUT2D eigenvalue weighted by molar-refractivity contribution is 0.669. The molecule has 0 spiro atoms.